The van der Waals surface area contributed by atoms with Crippen molar-refractivity contribution in [1.29, 1.82) is 0 Å². The summed E-state index contributed by atoms with van der Waals surface area (Å²) < 4.78 is 3.91. The highest BCUT2D eigenvalue weighted by Crippen LogP contribution is 2.09. The Labute approximate surface area is 114 Å². The van der Waals surface area contributed by atoms with Crippen molar-refractivity contribution in [2.45, 2.75) is 46.3 Å². The summed E-state index contributed by atoms with van der Waals surface area (Å²) in [6.45, 7) is 8.23. The summed E-state index contributed by atoms with van der Waals surface area (Å²) in [6.07, 6.45) is 6.90. The maximum absolute atomic E-state index is 4.46. The fraction of sp³-hybridized carbons (Fsp3) is 0.571. The molecule has 0 aliphatic rings. The maximum atomic E-state index is 4.46. The van der Waals surface area contributed by atoms with Crippen molar-refractivity contribution in [3.05, 3.63) is 35.4 Å². The van der Waals surface area contributed by atoms with Crippen molar-refractivity contribution in [3.63, 3.8) is 0 Å². The van der Waals surface area contributed by atoms with Gasteiger partial charge in [0.05, 0.1) is 12.4 Å². The van der Waals surface area contributed by atoms with Crippen LogP contribution in [0.5, 0.6) is 0 Å². The van der Waals surface area contributed by atoms with E-state index < -0.39 is 0 Å². The molecule has 2 aromatic rings. The molecule has 0 saturated heterocycles. The maximum Gasteiger partial charge on any atom is 0.0537 e. The molecule has 0 amide bonds. The number of rotatable bonds is 6. The summed E-state index contributed by atoms with van der Waals surface area (Å²) in [5.74, 6) is 0. The monoisotopic (exact) mass is 261 g/mol. The highest BCUT2D eigenvalue weighted by atomic mass is 15.3. The van der Waals surface area contributed by atoms with Gasteiger partial charge in [0, 0.05) is 43.6 Å². The smallest absolute Gasteiger partial charge is 0.0537 e. The van der Waals surface area contributed by atoms with E-state index in [1.807, 2.05) is 24.1 Å². The summed E-state index contributed by atoms with van der Waals surface area (Å²) in [4.78, 5) is 0. The lowest BCUT2D eigenvalue weighted by Gasteiger charge is -2.08. The van der Waals surface area contributed by atoms with Gasteiger partial charge in [0.2, 0.25) is 0 Å². The van der Waals surface area contributed by atoms with Crippen LogP contribution in [-0.2, 0) is 26.6 Å². The highest BCUT2D eigenvalue weighted by Gasteiger charge is 2.07. The van der Waals surface area contributed by atoms with Gasteiger partial charge in [-0.1, -0.05) is 13.8 Å². The Morgan fingerprint density at radius 1 is 1.26 bits per heavy atom. The van der Waals surface area contributed by atoms with Gasteiger partial charge >= 0.3 is 0 Å². The lowest BCUT2D eigenvalue weighted by Crippen LogP contribution is -2.22. The van der Waals surface area contributed by atoms with Gasteiger partial charge in [0.25, 0.3) is 0 Å². The summed E-state index contributed by atoms with van der Waals surface area (Å²) in [6, 6.07) is 0.498. The Hall–Kier alpha value is -1.62. The van der Waals surface area contributed by atoms with Crippen LogP contribution in [0, 0.1) is 6.92 Å². The molecule has 0 bridgehead atoms. The number of aryl methyl sites for hydroxylation is 3. The largest absolute Gasteiger partial charge is 0.310 e. The van der Waals surface area contributed by atoms with E-state index >= 15 is 0 Å². The van der Waals surface area contributed by atoms with Crippen molar-refractivity contribution in [1.82, 2.24) is 24.9 Å². The number of hydrogen-bond donors (Lipinski definition) is 1. The van der Waals surface area contributed by atoms with Crippen LogP contribution in [0.1, 0.15) is 30.7 Å². The number of aromatic nitrogens is 4. The molecule has 5 heteroatoms. The van der Waals surface area contributed by atoms with Gasteiger partial charge in [-0.2, -0.15) is 10.2 Å². The minimum Gasteiger partial charge on any atom is -0.310 e. The number of nitrogens with zero attached hydrogens (tertiary/aromatic N) is 4. The van der Waals surface area contributed by atoms with E-state index in [-0.39, 0.29) is 0 Å². The zero-order valence-corrected chi connectivity index (χ0v) is 12.2. The van der Waals surface area contributed by atoms with E-state index in [0.717, 1.165) is 19.5 Å². The SMILES string of the molecule is Cc1c(CNC(C)C)cnn1CCc1cnn(C)c1. The van der Waals surface area contributed by atoms with E-state index in [1.54, 1.807) is 0 Å². The number of hydrogen-bond acceptors (Lipinski definition) is 3. The lowest BCUT2D eigenvalue weighted by molar-refractivity contribution is 0.578. The first-order valence-corrected chi connectivity index (χ1v) is 6.78. The standard InChI is InChI=1S/C14H23N5/c1-11(2)15-8-14-9-17-19(12(14)3)6-5-13-7-16-18(4)10-13/h7,9-11,15H,5-6,8H2,1-4H3. The van der Waals surface area contributed by atoms with Crippen molar-refractivity contribution >= 4 is 0 Å². The predicted molar refractivity (Wildman–Crippen MR) is 75.9 cm³/mol. The van der Waals surface area contributed by atoms with Crippen LogP contribution < -0.4 is 5.32 Å². The minimum absolute atomic E-state index is 0.498. The van der Waals surface area contributed by atoms with Crippen molar-refractivity contribution < 1.29 is 0 Å². The van der Waals surface area contributed by atoms with E-state index in [0.29, 0.717) is 6.04 Å². The summed E-state index contributed by atoms with van der Waals surface area (Å²) in [5.41, 5.74) is 3.77. The molecule has 2 aromatic heterocycles. The molecule has 0 aromatic carbocycles. The molecule has 2 heterocycles. The third-order valence-electron chi connectivity index (χ3n) is 3.28. The molecule has 0 radical (unpaired) electrons. The van der Waals surface area contributed by atoms with Crippen LogP contribution in [0.3, 0.4) is 0 Å². The van der Waals surface area contributed by atoms with Crippen molar-refractivity contribution in [3.8, 4) is 0 Å². The highest BCUT2D eigenvalue weighted by molar-refractivity contribution is 5.16. The van der Waals surface area contributed by atoms with Gasteiger partial charge in [-0.05, 0) is 18.9 Å². The predicted octanol–water partition coefficient (Wildman–Crippen LogP) is 1.67. The second kappa shape index (κ2) is 6.02. The first-order chi connectivity index (χ1) is 9.06. The molecule has 104 valence electrons. The Kier molecular flexibility index (Phi) is 4.37. The molecule has 19 heavy (non-hydrogen) atoms. The van der Waals surface area contributed by atoms with Gasteiger partial charge in [-0.25, -0.2) is 0 Å². The molecule has 0 atom stereocenters. The van der Waals surface area contributed by atoms with Crippen LogP contribution in [0.2, 0.25) is 0 Å². The van der Waals surface area contributed by atoms with E-state index in [9.17, 15) is 0 Å². The Morgan fingerprint density at radius 3 is 2.68 bits per heavy atom. The first kappa shape index (κ1) is 13.8. The Bertz CT molecular complexity index is 524. The van der Waals surface area contributed by atoms with Gasteiger partial charge in [0.1, 0.15) is 0 Å². The summed E-state index contributed by atoms with van der Waals surface area (Å²) in [7, 11) is 1.94. The van der Waals surface area contributed by atoms with Crippen molar-refractivity contribution in [2.24, 2.45) is 7.05 Å². The minimum atomic E-state index is 0.498. The fourth-order valence-electron chi connectivity index (χ4n) is 2.03. The molecule has 1 N–H and O–H groups in total. The molecular weight excluding hydrogens is 238 g/mol. The van der Waals surface area contributed by atoms with Gasteiger partial charge in [-0.3, -0.25) is 9.36 Å². The van der Waals surface area contributed by atoms with E-state index in [4.69, 9.17) is 0 Å². The molecule has 0 saturated carbocycles. The first-order valence-electron chi connectivity index (χ1n) is 6.78. The summed E-state index contributed by atoms with van der Waals surface area (Å²) >= 11 is 0. The molecule has 0 spiro atoms. The molecular formula is C14H23N5. The molecule has 0 unspecified atom stereocenters. The van der Waals surface area contributed by atoms with Crippen LogP contribution >= 0.6 is 0 Å². The molecule has 0 aliphatic heterocycles. The normalized spacial score (nSPS) is 11.4. The van der Waals surface area contributed by atoms with Crippen LogP contribution in [0.15, 0.2) is 18.6 Å². The Balaban J connectivity index is 1.94. The number of nitrogens with one attached hydrogen (secondary N) is 1. The average Bonchev–Trinajstić information content (AvgIpc) is 2.91. The molecule has 2 rings (SSSR count). The van der Waals surface area contributed by atoms with Crippen LogP contribution in [0.25, 0.3) is 0 Å². The zero-order chi connectivity index (χ0) is 13.8. The average molecular weight is 261 g/mol. The van der Waals surface area contributed by atoms with Crippen molar-refractivity contribution in [2.75, 3.05) is 0 Å². The van der Waals surface area contributed by atoms with Crippen LogP contribution in [-0.4, -0.2) is 25.6 Å². The molecule has 5 nitrogen and oxygen atoms in total. The third-order valence-corrected chi connectivity index (χ3v) is 3.28. The fourth-order valence-corrected chi connectivity index (χ4v) is 2.03. The third kappa shape index (κ3) is 3.67. The van der Waals surface area contributed by atoms with E-state index in [2.05, 4.69) is 47.2 Å². The van der Waals surface area contributed by atoms with Gasteiger partial charge in [0.15, 0.2) is 0 Å². The second-order valence-corrected chi connectivity index (χ2v) is 5.29. The topological polar surface area (TPSA) is 47.7 Å². The van der Waals surface area contributed by atoms with Gasteiger partial charge < -0.3 is 5.32 Å². The zero-order valence-electron chi connectivity index (χ0n) is 12.2. The summed E-state index contributed by atoms with van der Waals surface area (Å²) in [5, 5.41) is 12.1. The quantitative estimate of drug-likeness (QED) is 0.860. The molecule has 0 fully saturated rings. The van der Waals surface area contributed by atoms with Crippen LogP contribution in [0.4, 0.5) is 0 Å². The second-order valence-electron chi connectivity index (χ2n) is 5.29. The lowest BCUT2D eigenvalue weighted by atomic mass is 10.2. The van der Waals surface area contributed by atoms with Gasteiger partial charge in [-0.15, -0.1) is 0 Å². The molecule has 0 aliphatic carbocycles. The Morgan fingerprint density at radius 2 is 2.05 bits per heavy atom. The van der Waals surface area contributed by atoms with E-state index in [1.165, 1.54) is 16.8 Å².